The van der Waals surface area contributed by atoms with Crippen molar-refractivity contribution in [2.75, 3.05) is 13.2 Å². The first-order valence-corrected chi connectivity index (χ1v) is 7.52. The first kappa shape index (κ1) is 16.6. The van der Waals surface area contributed by atoms with E-state index in [0.717, 1.165) is 5.39 Å². The minimum Gasteiger partial charge on any atom is -0.464 e. The molecule has 116 valence electrons. The van der Waals surface area contributed by atoms with E-state index in [1.165, 1.54) is 6.92 Å². The van der Waals surface area contributed by atoms with E-state index in [0.29, 0.717) is 17.7 Å². The van der Waals surface area contributed by atoms with Gasteiger partial charge in [0.2, 0.25) is 0 Å². The molecule has 6 heteroatoms. The number of nitrogens with one attached hydrogen (secondary N) is 1. The number of hydrogen-bond donors (Lipinski definition) is 3. The Hall–Kier alpha value is -0.780. The smallest absolute Gasteiger partial charge is 0.149 e. The van der Waals surface area contributed by atoms with E-state index in [2.05, 4.69) is 5.32 Å². The lowest BCUT2D eigenvalue weighted by Gasteiger charge is -2.42. The van der Waals surface area contributed by atoms with Crippen LogP contribution in [0.1, 0.15) is 19.4 Å². The summed E-state index contributed by atoms with van der Waals surface area (Å²) in [6, 6.07) is 6.30. The van der Waals surface area contributed by atoms with Gasteiger partial charge in [0.15, 0.2) is 0 Å². The number of rotatable bonds is 6. The summed E-state index contributed by atoms with van der Waals surface area (Å²) < 4.78 is 3.79. The lowest BCUT2D eigenvalue weighted by Crippen LogP contribution is -2.58. The quantitative estimate of drug-likeness (QED) is 0.712. The van der Waals surface area contributed by atoms with Gasteiger partial charge >= 0.3 is 0 Å². The number of furan rings is 1. The van der Waals surface area contributed by atoms with Crippen LogP contribution in [0.25, 0.3) is 11.0 Å². The van der Waals surface area contributed by atoms with Crippen molar-refractivity contribution in [1.29, 1.82) is 0 Å². The van der Waals surface area contributed by atoms with Crippen LogP contribution in [-0.2, 0) is 5.60 Å². The Morgan fingerprint density at radius 1 is 1.33 bits per heavy atom. The van der Waals surface area contributed by atoms with E-state index in [-0.39, 0.29) is 6.61 Å². The molecule has 0 saturated heterocycles. The van der Waals surface area contributed by atoms with Crippen molar-refractivity contribution < 1.29 is 14.6 Å². The average molecular weight is 332 g/mol. The van der Waals surface area contributed by atoms with Crippen molar-refractivity contribution in [2.24, 2.45) is 0 Å². The maximum atomic E-state index is 11.2. The molecule has 0 aliphatic rings. The maximum absolute atomic E-state index is 11.2. The van der Waals surface area contributed by atoms with Gasteiger partial charge in [-0.1, -0.05) is 36.2 Å². The van der Waals surface area contributed by atoms with Gasteiger partial charge < -0.3 is 19.9 Å². The van der Waals surface area contributed by atoms with E-state index in [9.17, 15) is 10.2 Å². The second kappa shape index (κ2) is 6.15. The zero-order valence-corrected chi connectivity index (χ0v) is 13.4. The van der Waals surface area contributed by atoms with Crippen molar-refractivity contribution in [3.05, 3.63) is 36.1 Å². The van der Waals surface area contributed by atoms with Crippen LogP contribution >= 0.6 is 23.2 Å². The highest BCUT2D eigenvalue weighted by molar-refractivity contribution is 6.49. The molecule has 0 bridgehead atoms. The van der Waals surface area contributed by atoms with E-state index in [4.69, 9.17) is 27.6 Å². The van der Waals surface area contributed by atoms with Gasteiger partial charge in [-0.2, -0.15) is 0 Å². The summed E-state index contributed by atoms with van der Waals surface area (Å²) >= 11 is 12.5. The maximum Gasteiger partial charge on any atom is 0.149 e. The molecule has 2 atom stereocenters. The fourth-order valence-corrected chi connectivity index (χ4v) is 3.04. The number of aliphatic hydroxyl groups excluding tert-OH is 1. The molecule has 2 rings (SSSR count). The Morgan fingerprint density at radius 2 is 2.05 bits per heavy atom. The molecule has 0 fully saturated rings. The van der Waals surface area contributed by atoms with Crippen LogP contribution in [0.2, 0.25) is 0 Å². The van der Waals surface area contributed by atoms with Crippen LogP contribution in [0.15, 0.2) is 34.9 Å². The molecule has 1 heterocycles. The van der Waals surface area contributed by atoms with Crippen LogP contribution in [-0.4, -0.2) is 33.7 Å². The second-order valence-electron chi connectivity index (χ2n) is 5.12. The Bertz CT molecular complexity index is 608. The molecule has 2 aromatic rings. The van der Waals surface area contributed by atoms with Crippen LogP contribution < -0.4 is 5.32 Å². The number of fused-ring (bicyclic) bond motifs is 1. The second-order valence-corrected chi connectivity index (χ2v) is 6.83. The van der Waals surface area contributed by atoms with E-state index in [1.807, 2.05) is 6.92 Å². The molecule has 0 saturated carbocycles. The number of likely N-dealkylation sites (N-methyl/N-ethyl adjacent to an activating group) is 1. The molecule has 0 spiro atoms. The SMILES string of the molecule is CCNC(CO)C(O)(c1ccc2occc2c1)C(C)(Cl)Cl. The van der Waals surface area contributed by atoms with Gasteiger partial charge in [0.25, 0.3) is 0 Å². The summed E-state index contributed by atoms with van der Waals surface area (Å²) in [6.07, 6.45) is 1.57. The molecule has 0 radical (unpaired) electrons. The van der Waals surface area contributed by atoms with Crippen LogP contribution in [0, 0.1) is 0 Å². The van der Waals surface area contributed by atoms with Gasteiger partial charge in [-0.3, -0.25) is 0 Å². The number of aliphatic hydroxyl groups is 2. The molecule has 2 unspecified atom stereocenters. The van der Waals surface area contributed by atoms with Crippen molar-refractivity contribution in [3.8, 4) is 0 Å². The standard InChI is InChI=1S/C15H19Cl2NO3/c1-3-18-13(9-19)15(20,14(2,16)17)11-4-5-12-10(8-11)6-7-21-12/h4-8,13,18-20H,3,9H2,1-2H3. The summed E-state index contributed by atoms with van der Waals surface area (Å²) in [5.74, 6) is 0. The average Bonchev–Trinajstić information content (AvgIpc) is 2.89. The number of benzene rings is 1. The minimum atomic E-state index is -1.66. The number of halogens is 2. The third-order valence-corrected chi connectivity index (χ3v) is 4.28. The summed E-state index contributed by atoms with van der Waals surface area (Å²) in [4.78, 5) is 0. The Labute approximate surface area is 133 Å². The molecule has 1 aromatic carbocycles. The predicted octanol–water partition coefficient (Wildman–Crippen LogP) is 2.78. The summed E-state index contributed by atoms with van der Waals surface area (Å²) in [5, 5.41) is 24.7. The zero-order valence-electron chi connectivity index (χ0n) is 11.9. The third kappa shape index (κ3) is 2.91. The number of hydrogen-bond acceptors (Lipinski definition) is 4. The zero-order chi connectivity index (χ0) is 15.7. The topological polar surface area (TPSA) is 65.6 Å². The lowest BCUT2D eigenvalue weighted by molar-refractivity contribution is -0.0321. The molecular weight excluding hydrogens is 313 g/mol. The molecule has 0 aliphatic heterocycles. The monoisotopic (exact) mass is 331 g/mol. The van der Waals surface area contributed by atoms with Gasteiger partial charge in [-0.25, -0.2) is 0 Å². The van der Waals surface area contributed by atoms with Crippen molar-refractivity contribution >= 4 is 34.2 Å². The van der Waals surface area contributed by atoms with Gasteiger partial charge in [0.05, 0.1) is 18.9 Å². The lowest BCUT2D eigenvalue weighted by atomic mass is 9.83. The Balaban J connectivity index is 2.57. The molecule has 0 amide bonds. The van der Waals surface area contributed by atoms with Crippen molar-refractivity contribution in [2.45, 2.75) is 29.8 Å². The largest absolute Gasteiger partial charge is 0.464 e. The highest BCUT2D eigenvalue weighted by Gasteiger charge is 2.51. The van der Waals surface area contributed by atoms with Gasteiger partial charge in [-0.05, 0) is 37.2 Å². The first-order valence-electron chi connectivity index (χ1n) is 6.76. The highest BCUT2D eigenvalue weighted by atomic mass is 35.5. The van der Waals surface area contributed by atoms with Gasteiger partial charge in [0.1, 0.15) is 15.5 Å². The molecule has 0 aliphatic carbocycles. The summed E-state index contributed by atoms with van der Waals surface area (Å²) in [5.41, 5.74) is -0.438. The molecular formula is C15H19Cl2NO3. The normalized spacial score (nSPS) is 16.9. The fraction of sp³-hybridized carbons (Fsp3) is 0.467. The van der Waals surface area contributed by atoms with Gasteiger partial charge in [-0.15, -0.1) is 0 Å². The molecule has 1 aromatic heterocycles. The summed E-state index contributed by atoms with van der Waals surface area (Å²) in [7, 11) is 0. The van der Waals surface area contributed by atoms with Crippen LogP contribution in [0.5, 0.6) is 0 Å². The Morgan fingerprint density at radius 3 is 2.62 bits per heavy atom. The van der Waals surface area contributed by atoms with E-state index < -0.39 is 16.0 Å². The summed E-state index contributed by atoms with van der Waals surface area (Å²) in [6.45, 7) is 3.64. The van der Waals surface area contributed by atoms with Crippen molar-refractivity contribution in [3.63, 3.8) is 0 Å². The number of alkyl halides is 2. The predicted molar refractivity (Wildman–Crippen MR) is 84.8 cm³/mol. The van der Waals surface area contributed by atoms with Crippen LogP contribution in [0.3, 0.4) is 0 Å². The molecule has 21 heavy (non-hydrogen) atoms. The molecule has 3 N–H and O–H groups in total. The molecule has 4 nitrogen and oxygen atoms in total. The van der Waals surface area contributed by atoms with Crippen LogP contribution in [0.4, 0.5) is 0 Å². The van der Waals surface area contributed by atoms with E-state index in [1.54, 1.807) is 30.5 Å². The minimum absolute atomic E-state index is 0.303. The fourth-order valence-electron chi connectivity index (χ4n) is 2.56. The first-order chi connectivity index (χ1) is 9.84. The third-order valence-electron chi connectivity index (χ3n) is 3.70. The highest BCUT2D eigenvalue weighted by Crippen LogP contribution is 2.44. The van der Waals surface area contributed by atoms with Crippen molar-refractivity contribution in [1.82, 2.24) is 5.32 Å². The van der Waals surface area contributed by atoms with E-state index >= 15 is 0 Å². The van der Waals surface area contributed by atoms with Gasteiger partial charge in [0, 0.05) is 5.39 Å². The Kier molecular flexibility index (Phi) is 4.85.